The molecule has 6 heteroatoms. The molecule has 2 aromatic carbocycles. The van der Waals surface area contributed by atoms with Crippen molar-refractivity contribution in [3.63, 3.8) is 0 Å². The first-order chi connectivity index (χ1) is 10.1. The Balaban J connectivity index is 2.28. The van der Waals surface area contributed by atoms with E-state index in [1.165, 1.54) is 11.8 Å². The average molecular weight is 323 g/mol. The monoisotopic (exact) mass is 322 g/mol. The van der Waals surface area contributed by atoms with Gasteiger partial charge in [0.15, 0.2) is 0 Å². The van der Waals surface area contributed by atoms with Crippen molar-refractivity contribution in [3.8, 4) is 0 Å². The Morgan fingerprint density at radius 2 is 2.05 bits per heavy atom. The van der Waals surface area contributed by atoms with Gasteiger partial charge in [0.25, 0.3) is 5.69 Å². The number of halogens is 1. The van der Waals surface area contributed by atoms with E-state index in [-0.39, 0.29) is 10.6 Å². The number of nitrogens with one attached hydrogen (secondary N) is 1. The Kier molecular flexibility index (Phi) is 5.47. The van der Waals surface area contributed by atoms with E-state index in [1.54, 1.807) is 18.2 Å². The first kappa shape index (κ1) is 15.7. The first-order valence-corrected chi connectivity index (χ1v) is 7.74. The average Bonchev–Trinajstić information content (AvgIpc) is 2.45. The second-order valence-electron chi connectivity index (χ2n) is 4.46. The van der Waals surface area contributed by atoms with Crippen LogP contribution in [0.25, 0.3) is 0 Å². The maximum atomic E-state index is 11.0. The van der Waals surface area contributed by atoms with Crippen LogP contribution in [0.1, 0.15) is 13.3 Å². The lowest BCUT2D eigenvalue weighted by atomic mass is 10.2. The van der Waals surface area contributed by atoms with Crippen molar-refractivity contribution < 1.29 is 4.92 Å². The van der Waals surface area contributed by atoms with Gasteiger partial charge in [-0.2, -0.15) is 0 Å². The van der Waals surface area contributed by atoms with Crippen LogP contribution in [0.15, 0.2) is 52.3 Å². The van der Waals surface area contributed by atoms with Crippen LogP contribution >= 0.6 is 23.4 Å². The predicted octanol–water partition coefficient (Wildman–Crippen LogP) is 5.22. The van der Waals surface area contributed by atoms with Crippen LogP contribution in [0.3, 0.4) is 0 Å². The normalized spacial score (nSPS) is 10.4. The van der Waals surface area contributed by atoms with Gasteiger partial charge in [-0.15, -0.1) is 0 Å². The van der Waals surface area contributed by atoms with Crippen LogP contribution in [0.4, 0.5) is 11.4 Å². The van der Waals surface area contributed by atoms with Crippen LogP contribution in [0.2, 0.25) is 5.02 Å². The zero-order chi connectivity index (χ0) is 15.2. The summed E-state index contributed by atoms with van der Waals surface area (Å²) in [6.07, 6.45) is 0.958. The van der Waals surface area contributed by atoms with E-state index in [2.05, 4.69) is 5.32 Å². The predicted molar refractivity (Wildman–Crippen MR) is 87.5 cm³/mol. The Hall–Kier alpha value is -1.72. The maximum absolute atomic E-state index is 11.0. The van der Waals surface area contributed by atoms with Crippen molar-refractivity contribution in [3.05, 3.63) is 57.6 Å². The molecule has 4 nitrogen and oxygen atoms in total. The van der Waals surface area contributed by atoms with E-state index in [9.17, 15) is 10.1 Å². The maximum Gasteiger partial charge on any atom is 0.272 e. The molecule has 0 aliphatic heterocycles. The molecule has 0 saturated carbocycles. The number of nitrogens with zero attached hydrogens (tertiary/aromatic N) is 1. The summed E-state index contributed by atoms with van der Waals surface area (Å²) in [5, 5.41) is 14.9. The minimum Gasteiger partial charge on any atom is -0.385 e. The van der Waals surface area contributed by atoms with Crippen LogP contribution in [0, 0.1) is 10.1 Å². The van der Waals surface area contributed by atoms with E-state index >= 15 is 0 Å². The minimum absolute atomic E-state index is 0.0839. The Morgan fingerprint density at radius 1 is 1.24 bits per heavy atom. The lowest BCUT2D eigenvalue weighted by Gasteiger charge is -2.08. The van der Waals surface area contributed by atoms with Crippen LogP contribution < -0.4 is 5.32 Å². The van der Waals surface area contributed by atoms with E-state index in [1.807, 2.05) is 31.2 Å². The lowest BCUT2D eigenvalue weighted by Crippen LogP contribution is -2.00. The number of benzene rings is 2. The summed E-state index contributed by atoms with van der Waals surface area (Å²) in [6.45, 7) is 2.83. The molecule has 0 heterocycles. The number of rotatable bonds is 6. The number of nitro groups is 1. The smallest absolute Gasteiger partial charge is 0.272 e. The topological polar surface area (TPSA) is 55.2 Å². The first-order valence-electron chi connectivity index (χ1n) is 6.55. The number of non-ortho nitro benzene ring substituents is 1. The molecule has 0 radical (unpaired) electrons. The lowest BCUT2D eigenvalue weighted by molar-refractivity contribution is -0.385. The zero-order valence-corrected chi connectivity index (χ0v) is 13.1. The number of hydrogen-bond donors (Lipinski definition) is 1. The summed E-state index contributed by atoms with van der Waals surface area (Å²) in [6, 6.07) is 12.5. The molecule has 0 aromatic heterocycles. The summed E-state index contributed by atoms with van der Waals surface area (Å²) in [5.74, 6) is 0. The molecule has 0 amide bonds. The molecular weight excluding hydrogens is 308 g/mol. The molecule has 0 unspecified atom stereocenters. The number of nitro benzene ring substituents is 1. The van der Waals surface area contributed by atoms with E-state index in [4.69, 9.17) is 11.6 Å². The highest BCUT2D eigenvalue weighted by molar-refractivity contribution is 7.99. The third kappa shape index (κ3) is 4.65. The van der Waals surface area contributed by atoms with Crippen LogP contribution in [-0.2, 0) is 0 Å². The second-order valence-corrected chi connectivity index (χ2v) is 6.04. The number of hydrogen-bond acceptors (Lipinski definition) is 4. The Bertz CT molecular complexity index is 649. The fourth-order valence-electron chi connectivity index (χ4n) is 1.79. The van der Waals surface area contributed by atoms with Crippen molar-refractivity contribution >= 4 is 34.7 Å². The fourth-order valence-corrected chi connectivity index (χ4v) is 3.01. The molecule has 21 heavy (non-hydrogen) atoms. The molecule has 110 valence electrons. The van der Waals surface area contributed by atoms with Gasteiger partial charge in [0, 0.05) is 39.2 Å². The van der Waals surface area contributed by atoms with Gasteiger partial charge in [-0.3, -0.25) is 10.1 Å². The van der Waals surface area contributed by atoms with E-state index in [0.29, 0.717) is 5.02 Å². The van der Waals surface area contributed by atoms with Gasteiger partial charge >= 0.3 is 0 Å². The molecule has 0 aliphatic rings. The summed E-state index contributed by atoms with van der Waals surface area (Å²) in [5.41, 5.74) is 0.844. The number of anilines is 1. The highest BCUT2D eigenvalue weighted by Gasteiger charge is 2.10. The standard InChI is InChI=1S/C15H15ClN2O2S/c1-2-6-17-12-8-13(18(19)20)10-15(9-12)21-14-5-3-4-11(16)7-14/h3-5,7-10,17H,2,6H2,1H3. The van der Waals surface area contributed by atoms with Crippen molar-refractivity contribution in [2.45, 2.75) is 23.1 Å². The van der Waals surface area contributed by atoms with Gasteiger partial charge in [0.1, 0.15) is 0 Å². The Labute approximate surface area is 132 Å². The minimum atomic E-state index is -0.376. The molecule has 2 rings (SSSR count). The molecule has 1 N–H and O–H groups in total. The molecular formula is C15H15ClN2O2S. The van der Waals surface area contributed by atoms with Crippen LogP contribution in [-0.4, -0.2) is 11.5 Å². The molecule has 0 fully saturated rings. The summed E-state index contributed by atoms with van der Waals surface area (Å²) in [4.78, 5) is 12.4. The fraction of sp³-hybridized carbons (Fsp3) is 0.200. The SMILES string of the molecule is CCCNc1cc(Sc2cccc(Cl)c2)cc([N+](=O)[O-])c1. The van der Waals surface area contributed by atoms with Gasteiger partial charge in [0.2, 0.25) is 0 Å². The summed E-state index contributed by atoms with van der Waals surface area (Å²) < 4.78 is 0. The van der Waals surface area contributed by atoms with Crippen molar-refractivity contribution in [1.82, 2.24) is 0 Å². The molecule has 0 bridgehead atoms. The molecule has 0 atom stereocenters. The quantitative estimate of drug-likeness (QED) is 0.585. The Morgan fingerprint density at radius 3 is 2.71 bits per heavy atom. The van der Waals surface area contributed by atoms with Crippen molar-refractivity contribution in [2.75, 3.05) is 11.9 Å². The van der Waals surface area contributed by atoms with Gasteiger partial charge < -0.3 is 5.32 Å². The summed E-state index contributed by atoms with van der Waals surface area (Å²) >= 11 is 7.41. The van der Waals surface area contributed by atoms with E-state index in [0.717, 1.165) is 28.4 Å². The van der Waals surface area contributed by atoms with Crippen LogP contribution in [0.5, 0.6) is 0 Å². The molecule has 0 spiro atoms. The highest BCUT2D eigenvalue weighted by Crippen LogP contribution is 2.33. The largest absolute Gasteiger partial charge is 0.385 e. The van der Waals surface area contributed by atoms with Gasteiger partial charge in [-0.25, -0.2) is 0 Å². The summed E-state index contributed by atoms with van der Waals surface area (Å²) in [7, 11) is 0. The third-order valence-electron chi connectivity index (χ3n) is 2.71. The van der Waals surface area contributed by atoms with Crippen molar-refractivity contribution in [1.29, 1.82) is 0 Å². The third-order valence-corrected chi connectivity index (χ3v) is 3.91. The molecule has 2 aromatic rings. The van der Waals surface area contributed by atoms with Crippen molar-refractivity contribution in [2.24, 2.45) is 0 Å². The molecule has 0 aliphatic carbocycles. The van der Waals surface area contributed by atoms with Gasteiger partial charge in [-0.1, -0.05) is 36.4 Å². The van der Waals surface area contributed by atoms with Gasteiger partial charge in [-0.05, 0) is 30.7 Å². The highest BCUT2D eigenvalue weighted by atomic mass is 35.5. The van der Waals surface area contributed by atoms with E-state index < -0.39 is 0 Å². The molecule has 0 saturated heterocycles. The van der Waals surface area contributed by atoms with Gasteiger partial charge in [0.05, 0.1) is 4.92 Å². The zero-order valence-electron chi connectivity index (χ0n) is 11.5. The second kappa shape index (κ2) is 7.33.